The van der Waals surface area contributed by atoms with Gasteiger partial charge in [-0.1, -0.05) is 36.4 Å². The normalized spacial score (nSPS) is 37.2. The summed E-state index contributed by atoms with van der Waals surface area (Å²) >= 11 is 0. The highest BCUT2D eigenvalue weighted by Gasteiger charge is 2.44. The van der Waals surface area contributed by atoms with Crippen LogP contribution in [0.2, 0.25) is 0 Å². The van der Waals surface area contributed by atoms with Gasteiger partial charge in [-0.2, -0.15) is 0 Å². The molecule has 1 aromatic carbocycles. The molecule has 1 aromatic rings. The SMILES string of the molecule is C[C@]12C=C[C@](C)(CC1)/C(=C/c1ccccc1)O2. The van der Waals surface area contributed by atoms with Crippen LogP contribution in [0.5, 0.6) is 0 Å². The third-order valence-corrected chi connectivity index (χ3v) is 3.95. The van der Waals surface area contributed by atoms with Crippen LogP contribution >= 0.6 is 0 Å². The van der Waals surface area contributed by atoms with Crippen LogP contribution in [0.3, 0.4) is 0 Å². The molecule has 0 N–H and O–H groups in total. The topological polar surface area (TPSA) is 9.23 Å². The van der Waals surface area contributed by atoms with E-state index in [1.807, 2.05) is 6.07 Å². The molecule has 4 rings (SSSR count). The Hall–Kier alpha value is -1.50. The number of rotatable bonds is 1. The van der Waals surface area contributed by atoms with Gasteiger partial charge in [0.05, 0.1) is 0 Å². The second kappa shape index (κ2) is 3.49. The molecule has 2 aliphatic heterocycles. The summed E-state index contributed by atoms with van der Waals surface area (Å²) in [6.45, 7) is 4.43. The van der Waals surface area contributed by atoms with E-state index < -0.39 is 0 Å². The van der Waals surface area contributed by atoms with Gasteiger partial charge in [-0.25, -0.2) is 0 Å². The number of ether oxygens (including phenoxy) is 1. The van der Waals surface area contributed by atoms with Crippen LogP contribution in [0.25, 0.3) is 6.08 Å². The third kappa shape index (κ3) is 1.80. The van der Waals surface area contributed by atoms with E-state index in [1.165, 1.54) is 12.0 Å². The van der Waals surface area contributed by atoms with Gasteiger partial charge in [0, 0.05) is 5.41 Å². The second-order valence-corrected chi connectivity index (χ2v) is 5.58. The van der Waals surface area contributed by atoms with Crippen LogP contribution in [0.4, 0.5) is 0 Å². The van der Waals surface area contributed by atoms with Gasteiger partial charge in [0.15, 0.2) is 0 Å². The van der Waals surface area contributed by atoms with Crippen LogP contribution in [0.1, 0.15) is 32.3 Å². The van der Waals surface area contributed by atoms with Gasteiger partial charge in [0.2, 0.25) is 0 Å². The smallest absolute Gasteiger partial charge is 0.124 e. The Balaban J connectivity index is 2.00. The van der Waals surface area contributed by atoms with Gasteiger partial charge < -0.3 is 4.74 Å². The molecule has 0 saturated carbocycles. The predicted molar refractivity (Wildman–Crippen MR) is 70.4 cm³/mol. The summed E-state index contributed by atoms with van der Waals surface area (Å²) < 4.78 is 6.15. The molecule has 2 bridgehead atoms. The van der Waals surface area contributed by atoms with Gasteiger partial charge in [-0.3, -0.25) is 0 Å². The summed E-state index contributed by atoms with van der Waals surface area (Å²) in [5.41, 5.74) is 1.22. The van der Waals surface area contributed by atoms with Crippen molar-refractivity contribution in [3.05, 3.63) is 53.8 Å². The molecule has 3 aliphatic rings. The molecular formula is C16H18O. The number of fused-ring (bicyclic) bond motifs is 2. The first-order valence-corrected chi connectivity index (χ1v) is 6.26. The largest absolute Gasteiger partial charge is 0.487 e. The zero-order chi connectivity index (χ0) is 11.9. The zero-order valence-corrected chi connectivity index (χ0v) is 10.4. The number of hydrogen-bond donors (Lipinski definition) is 0. The Morgan fingerprint density at radius 3 is 2.47 bits per heavy atom. The standard InChI is InChI=1S/C16H18O/c1-15-8-10-16(2,11-9-15)17-14(15)12-13-6-4-3-5-7-13/h3-8,10,12H,9,11H2,1-2H3/b14-12-/t15-,16+/m1/s1. The fourth-order valence-corrected chi connectivity index (χ4v) is 2.59. The maximum atomic E-state index is 6.15. The van der Waals surface area contributed by atoms with Crippen molar-refractivity contribution in [2.24, 2.45) is 5.41 Å². The van der Waals surface area contributed by atoms with Crippen molar-refractivity contribution >= 4 is 6.08 Å². The molecule has 1 saturated heterocycles. The average molecular weight is 226 g/mol. The summed E-state index contributed by atoms with van der Waals surface area (Å²) in [6, 6.07) is 10.4. The number of allylic oxidation sites excluding steroid dienone is 1. The summed E-state index contributed by atoms with van der Waals surface area (Å²) in [4.78, 5) is 0. The molecule has 0 amide bonds. The lowest BCUT2D eigenvalue weighted by Gasteiger charge is -2.47. The molecule has 0 spiro atoms. The van der Waals surface area contributed by atoms with Gasteiger partial charge in [-0.05, 0) is 44.4 Å². The minimum Gasteiger partial charge on any atom is -0.487 e. The van der Waals surface area contributed by atoms with E-state index in [1.54, 1.807) is 0 Å². The first kappa shape index (κ1) is 10.6. The van der Waals surface area contributed by atoms with Crippen molar-refractivity contribution < 1.29 is 4.74 Å². The van der Waals surface area contributed by atoms with Crippen LogP contribution in [-0.4, -0.2) is 5.60 Å². The van der Waals surface area contributed by atoms with Crippen LogP contribution < -0.4 is 0 Å². The van der Waals surface area contributed by atoms with E-state index in [0.717, 1.165) is 12.2 Å². The second-order valence-electron chi connectivity index (χ2n) is 5.58. The van der Waals surface area contributed by atoms with Crippen LogP contribution in [-0.2, 0) is 4.74 Å². The third-order valence-electron chi connectivity index (χ3n) is 3.95. The van der Waals surface area contributed by atoms with Crippen molar-refractivity contribution in [2.45, 2.75) is 32.3 Å². The monoisotopic (exact) mass is 226 g/mol. The Bertz CT molecular complexity index is 486. The van der Waals surface area contributed by atoms with Gasteiger partial charge in [-0.15, -0.1) is 0 Å². The fraction of sp³-hybridized carbons (Fsp3) is 0.375. The van der Waals surface area contributed by atoms with E-state index in [-0.39, 0.29) is 11.0 Å². The van der Waals surface area contributed by atoms with E-state index in [2.05, 4.69) is 56.3 Å². The number of hydrogen-bond acceptors (Lipinski definition) is 1. The lowest BCUT2D eigenvalue weighted by Crippen LogP contribution is -2.42. The lowest BCUT2D eigenvalue weighted by atomic mass is 9.71. The minimum atomic E-state index is -0.0849. The summed E-state index contributed by atoms with van der Waals surface area (Å²) in [7, 11) is 0. The average Bonchev–Trinajstić information content (AvgIpc) is 2.33. The first-order chi connectivity index (χ1) is 8.10. The number of benzene rings is 1. The fourth-order valence-electron chi connectivity index (χ4n) is 2.59. The Kier molecular flexibility index (Phi) is 2.19. The predicted octanol–water partition coefficient (Wildman–Crippen LogP) is 4.17. The Labute approximate surface area is 103 Å². The molecular weight excluding hydrogens is 208 g/mol. The van der Waals surface area contributed by atoms with Gasteiger partial charge in [0.1, 0.15) is 11.4 Å². The van der Waals surface area contributed by atoms with E-state index in [4.69, 9.17) is 4.74 Å². The van der Waals surface area contributed by atoms with Gasteiger partial charge >= 0.3 is 0 Å². The molecule has 2 atom stereocenters. The molecule has 1 aliphatic carbocycles. The van der Waals surface area contributed by atoms with Crippen molar-refractivity contribution in [1.29, 1.82) is 0 Å². The van der Waals surface area contributed by atoms with Crippen LogP contribution in [0, 0.1) is 5.41 Å². The molecule has 1 heteroatoms. The lowest BCUT2D eigenvalue weighted by molar-refractivity contribution is -0.0299. The highest BCUT2D eigenvalue weighted by molar-refractivity contribution is 5.54. The van der Waals surface area contributed by atoms with Crippen molar-refractivity contribution in [2.75, 3.05) is 0 Å². The first-order valence-electron chi connectivity index (χ1n) is 6.26. The molecule has 0 radical (unpaired) electrons. The van der Waals surface area contributed by atoms with E-state index in [0.29, 0.717) is 0 Å². The summed E-state index contributed by atoms with van der Waals surface area (Å²) in [5, 5.41) is 0. The van der Waals surface area contributed by atoms with Gasteiger partial charge in [0.25, 0.3) is 0 Å². The van der Waals surface area contributed by atoms with E-state index >= 15 is 0 Å². The summed E-state index contributed by atoms with van der Waals surface area (Å²) in [6.07, 6.45) is 9.01. The minimum absolute atomic E-state index is 0.0849. The van der Waals surface area contributed by atoms with Crippen molar-refractivity contribution in [3.8, 4) is 0 Å². The Morgan fingerprint density at radius 1 is 1.06 bits per heavy atom. The maximum absolute atomic E-state index is 6.15. The summed E-state index contributed by atoms with van der Waals surface area (Å²) in [5.74, 6) is 1.11. The maximum Gasteiger partial charge on any atom is 0.124 e. The molecule has 88 valence electrons. The van der Waals surface area contributed by atoms with Crippen molar-refractivity contribution in [3.63, 3.8) is 0 Å². The van der Waals surface area contributed by atoms with E-state index in [9.17, 15) is 0 Å². The highest BCUT2D eigenvalue weighted by Crippen LogP contribution is 2.50. The quantitative estimate of drug-likeness (QED) is 0.653. The molecule has 1 fully saturated rings. The highest BCUT2D eigenvalue weighted by atomic mass is 16.5. The molecule has 17 heavy (non-hydrogen) atoms. The molecule has 2 heterocycles. The molecule has 1 nitrogen and oxygen atoms in total. The Morgan fingerprint density at radius 2 is 1.82 bits per heavy atom. The zero-order valence-electron chi connectivity index (χ0n) is 10.4. The molecule has 0 unspecified atom stereocenters. The van der Waals surface area contributed by atoms with Crippen LogP contribution in [0.15, 0.2) is 48.2 Å². The molecule has 0 aromatic heterocycles. The van der Waals surface area contributed by atoms with Crippen molar-refractivity contribution in [1.82, 2.24) is 0 Å².